The monoisotopic (exact) mass is 442 g/mol. The van der Waals surface area contributed by atoms with E-state index in [1.807, 2.05) is 11.0 Å². The predicted octanol–water partition coefficient (Wildman–Crippen LogP) is 4.00. The predicted molar refractivity (Wildman–Crippen MR) is 123 cm³/mol. The van der Waals surface area contributed by atoms with Gasteiger partial charge in [0, 0.05) is 51.0 Å². The van der Waals surface area contributed by atoms with E-state index in [-0.39, 0.29) is 6.03 Å². The lowest BCUT2D eigenvalue weighted by Gasteiger charge is -2.32. The van der Waals surface area contributed by atoms with Crippen molar-refractivity contribution in [2.24, 2.45) is 11.8 Å². The molecule has 0 aromatic heterocycles. The summed E-state index contributed by atoms with van der Waals surface area (Å²) in [6.45, 7) is 5.83. The van der Waals surface area contributed by atoms with Gasteiger partial charge < -0.3 is 15.5 Å². The molecule has 0 aliphatic carbocycles. The zero-order valence-electron chi connectivity index (χ0n) is 18.4. The van der Waals surface area contributed by atoms with Gasteiger partial charge in [0.15, 0.2) is 11.6 Å². The average molecular weight is 443 g/mol. The van der Waals surface area contributed by atoms with Crippen LogP contribution < -0.4 is 15.5 Å². The zero-order chi connectivity index (χ0) is 22.3. The molecule has 2 saturated heterocycles. The zero-order valence-corrected chi connectivity index (χ0v) is 18.4. The number of piperidine rings is 1. The Kier molecular flexibility index (Phi) is 7.58. The number of rotatable bonds is 7. The molecule has 2 aromatic carbocycles. The van der Waals surface area contributed by atoms with Crippen LogP contribution in [-0.2, 0) is 6.54 Å². The number of carbonyl (C=O) groups is 1. The van der Waals surface area contributed by atoms with Gasteiger partial charge in [-0.2, -0.15) is 0 Å². The molecule has 0 bridgehead atoms. The van der Waals surface area contributed by atoms with Crippen LogP contribution in [0.15, 0.2) is 48.5 Å². The molecule has 2 atom stereocenters. The summed E-state index contributed by atoms with van der Waals surface area (Å²) < 4.78 is 26.6. The molecule has 2 fully saturated rings. The van der Waals surface area contributed by atoms with Crippen molar-refractivity contribution in [1.29, 1.82) is 0 Å². The fourth-order valence-corrected chi connectivity index (χ4v) is 4.76. The number of urea groups is 1. The van der Waals surface area contributed by atoms with Crippen LogP contribution in [0.3, 0.4) is 0 Å². The van der Waals surface area contributed by atoms with Crippen LogP contribution in [0.1, 0.15) is 24.8 Å². The van der Waals surface area contributed by atoms with E-state index in [2.05, 4.69) is 39.8 Å². The van der Waals surface area contributed by atoms with Crippen molar-refractivity contribution in [2.45, 2.75) is 25.8 Å². The summed E-state index contributed by atoms with van der Waals surface area (Å²) in [5.74, 6) is -0.893. The highest BCUT2D eigenvalue weighted by molar-refractivity contribution is 5.73. The lowest BCUT2D eigenvalue weighted by molar-refractivity contribution is 0.165. The largest absolute Gasteiger partial charge is 0.371 e. The Hall–Kier alpha value is -2.67. The molecule has 0 radical (unpaired) electrons. The number of nitrogens with one attached hydrogen (secondary N) is 2. The molecule has 0 saturated carbocycles. The fourth-order valence-electron chi connectivity index (χ4n) is 4.76. The third kappa shape index (κ3) is 6.19. The minimum Gasteiger partial charge on any atom is -0.371 e. The number of nitrogens with zero attached hydrogens (tertiary/aromatic N) is 2. The molecule has 2 aromatic rings. The molecule has 172 valence electrons. The fraction of sp³-hybridized carbons (Fsp3) is 0.480. The van der Waals surface area contributed by atoms with E-state index in [9.17, 15) is 13.6 Å². The van der Waals surface area contributed by atoms with Gasteiger partial charge in [-0.1, -0.05) is 30.3 Å². The van der Waals surface area contributed by atoms with Crippen molar-refractivity contribution in [3.8, 4) is 0 Å². The molecule has 2 aliphatic rings. The average Bonchev–Trinajstić information content (AvgIpc) is 3.28. The molecule has 2 unspecified atom stereocenters. The maximum Gasteiger partial charge on any atom is 0.314 e. The number of hydrogen-bond acceptors (Lipinski definition) is 3. The first kappa shape index (κ1) is 22.5. The molecule has 2 amide bonds. The Bertz CT molecular complexity index is 895. The Morgan fingerprint density at radius 1 is 0.906 bits per heavy atom. The van der Waals surface area contributed by atoms with Crippen LogP contribution in [0, 0.1) is 23.5 Å². The first-order valence-corrected chi connectivity index (χ1v) is 11.5. The van der Waals surface area contributed by atoms with Gasteiger partial charge in [-0.05, 0) is 55.3 Å². The molecule has 7 heteroatoms. The highest BCUT2D eigenvalue weighted by atomic mass is 19.2. The van der Waals surface area contributed by atoms with Gasteiger partial charge in [0.25, 0.3) is 0 Å². The number of anilines is 1. The Balaban J connectivity index is 1.15. The maximum absolute atomic E-state index is 13.5. The first-order chi connectivity index (χ1) is 15.6. The molecule has 4 rings (SSSR count). The minimum absolute atomic E-state index is 0.128. The van der Waals surface area contributed by atoms with E-state index in [0.29, 0.717) is 30.6 Å². The van der Waals surface area contributed by atoms with Gasteiger partial charge in [-0.15, -0.1) is 0 Å². The number of benzene rings is 2. The molecule has 0 spiro atoms. The first-order valence-electron chi connectivity index (χ1n) is 11.5. The summed E-state index contributed by atoms with van der Waals surface area (Å²) in [5.41, 5.74) is 2.01. The van der Waals surface area contributed by atoms with Crippen LogP contribution in [0.2, 0.25) is 0 Å². The second-order valence-corrected chi connectivity index (χ2v) is 9.02. The van der Waals surface area contributed by atoms with Gasteiger partial charge in [0.2, 0.25) is 0 Å². The topological polar surface area (TPSA) is 47.6 Å². The number of carbonyl (C=O) groups excluding carboxylic acids is 1. The van der Waals surface area contributed by atoms with Crippen LogP contribution >= 0.6 is 0 Å². The van der Waals surface area contributed by atoms with E-state index in [0.717, 1.165) is 58.1 Å². The lowest BCUT2D eigenvalue weighted by Crippen LogP contribution is -2.44. The van der Waals surface area contributed by atoms with Crippen LogP contribution in [0.4, 0.5) is 19.3 Å². The Labute approximate surface area is 188 Å². The molecule has 5 nitrogen and oxygen atoms in total. The van der Waals surface area contributed by atoms with Gasteiger partial charge in [0.1, 0.15) is 0 Å². The molecule has 2 N–H and O–H groups in total. The second kappa shape index (κ2) is 10.8. The number of halogens is 2. The maximum atomic E-state index is 13.5. The summed E-state index contributed by atoms with van der Waals surface area (Å²) in [4.78, 5) is 16.8. The van der Waals surface area contributed by atoms with Crippen molar-refractivity contribution in [3.63, 3.8) is 0 Å². The standard InChI is InChI=1S/C25H32F2N4O/c26-23-9-8-22(13-24(23)27)31-12-10-21(18-31)15-29-25(32)28-14-20-7-4-11-30(17-20)16-19-5-2-1-3-6-19/h1-3,5-6,8-9,13,20-21H,4,7,10-12,14-18H2,(H2,28,29,32). The van der Waals surface area contributed by atoms with Crippen molar-refractivity contribution >= 4 is 11.7 Å². The highest BCUT2D eigenvalue weighted by Gasteiger charge is 2.24. The van der Waals surface area contributed by atoms with E-state index in [1.54, 1.807) is 6.07 Å². The van der Waals surface area contributed by atoms with Crippen LogP contribution in [0.25, 0.3) is 0 Å². The molecule has 2 heterocycles. The summed E-state index contributed by atoms with van der Waals surface area (Å²) >= 11 is 0. The van der Waals surface area contributed by atoms with E-state index in [1.165, 1.54) is 11.6 Å². The number of hydrogen-bond donors (Lipinski definition) is 2. The van der Waals surface area contributed by atoms with E-state index >= 15 is 0 Å². The highest BCUT2D eigenvalue weighted by Crippen LogP contribution is 2.25. The van der Waals surface area contributed by atoms with Crippen molar-refractivity contribution < 1.29 is 13.6 Å². The number of amides is 2. The van der Waals surface area contributed by atoms with Crippen LogP contribution in [-0.4, -0.2) is 50.2 Å². The van der Waals surface area contributed by atoms with E-state index in [4.69, 9.17) is 0 Å². The normalized spacial score (nSPS) is 21.5. The second-order valence-electron chi connectivity index (χ2n) is 9.02. The van der Waals surface area contributed by atoms with Crippen molar-refractivity contribution in [1.82, 2.24) is 15.5 Å². The molecular weight excluding hydrogens is 410 g/mol. The molecule has 32 heavy (non-hydrogen) atoms. The smallest absolute Gasteiger partial charge is 0.314 e. The summed E-state index contributed by atoms with van der Waals surface area (Å²) in [7, 11) is 0. The molecule has 2 aliphatic heterocycles. The molecular formula is C25H32F2N4O. The van der Waals surface area contributed by atoms with Gasteiger partial charge in [-0.3, -0.25) is 4.90 Å². The van der Waals surface area contributed by atoms with Crippen LogP contribution in [0.5, 0.6) is 0 Å². The third-order valence-electron chi connectivity index (χ3n) is 6.51. The lowest BCUT2D eigenvalue weighted by atomic mass is 9.97. The van der Waals surface area contributed by atoms with Gasteiger partial charge in [0.05, 0.1) is 0 Å². The third-order valence-corrected chi connectivity index (χ3v) is 6.51. The van der Waals surface area contributed by atoms with Crippen molar-refractivity contribution in [2.75, 3.05) is 44.2 Å². The summed E-state index contributed by atoms with van der Waals surface area (Å²) in [6, 6.07) is 14.4. The minimum atomic E-state index is -0.830. The van der Waals surface area contributed by atoms with Crippen molar-refractivity contribution in [3.05, 3.63) is 65.7 Å². The van der Waals surface area contributed by atoms with Gasteiger partial charge >= 0.3 is 6.03 Å². The Morgan fingerprint density at radius 2 is 1.66 bits per heavy atom. The van der Waals surface area contributed by atoms with Gasteiger partial charge in [-0.25, -0.2) is 13.6 Å². The summed E-state index contributed by atoms with van der Waals surface area (Å²) in [6.07, 6.45) is 3.20. The summed E-state index contributed by atoms with van der Waals surface area (Å²) in [5, 5.41) is 6.02. The quantitative estimate of drug-likeness (QED) is 0.681. The Morgan fingerprint density at radius 3 is 2.41 bits per heavy atom. The van der Waals surface area contributed by atoms with E-state index < -0.39 is 11.6 Å². The number of likely N-dealkylation sites (tertiary alicyclic amines) is 1. The SMILES string of the molecule is O=C(NCC1CCCN(Cc2ccccc2)C1)NCC1CCN(c2ccc(F)c(F)c2)C1.